The lowest BCUT2D eigenvalue weighted by Gasteiger charge is -2.36. The monoisotopic (exact) mass is 349 g/mol. The van der Waals surface area contributed by atoms with Crippen molar-refractivity contribution in [2.24, 2.45) is 5.92 Å². The first-order valence-corrected chi connectivity index (χ1v) is 8.85. The molecule has 0 aromatic heterocycles. The van der Waals surface area contributed by atoms with E-state index in [4.69, 9.17) is 14.2 Å². The lowest BCUT2D eigenvalue weighted by molar-refractivity contribution is 0.00719. The summed E-state index contributed by atoms with van der Waals surface area (Å²) in [6.45, 7) is 9.08. The van der Waals surface area contributed by atoms with Crippen molar-refractivity contribution in [3.8, 4) is 11.5 Å². The third-order valence-corrected chi connectivity index (χ3v) is 4.65. The Balaban J connectivity index is 1.45. The molecule has 2 aliphatic heterocycles. The number of nitrogens with one attached hydrogen (secondary N) is 2. The van der Waals surface area contributed by atoms with Gasteiger partial charge in [0.1, 0.15) is 0 Å². The third kappa shape index (κ3) is 4.76. The molecule has 1 aromatic rings. The van der Waals surface area contributed by atoms with Gasteiger partial charge < -0.3 is 24.8 Å². The Hall–Kier alpha value is -1.99. The van der Waals surface area contributed by atoms with Gasteiger partial charge in [-0.15, -0.1) is 0 Å². The minimum atomic E-state index is -0.156. The van der Waals surface area contributed by atoms with E-state index in [1.807, 2.05) is 18.2 Å². The van der Waals surface area contributed by atoms with Crippen LogP contribution in [0.25, 0.3) is 0 Å². The van der Waals surface area contributed by atoms with Gasteiger partial charge in [-0.3, -0.25) is 4.90 Å². The van der Waals surface area contributed by atoms with Crippen LogP contribution in [0.4, 0.5) is 4.79 Å². The average Bonchev–Trinajstić information content (AvgIpc) is 3.08. The Morgan fingerprint density at radius 2 is 1.92 bits per heavy atom. The van der Waals surface area contributed by atoms with Crippen LogP contribution in [-0.2, 0) is 11.3 Å². The van der Waals surface area contributed by atoms with E-state index in [1.54, 1.807) is 0 Å². The zero-order chi connectivity index (χ0) is 17.6. The highest BCUT2D eigenvalue weighted by molar-refractivity contribution is 5.73. The number of rotatable bonds is 6. The standard InChI is InChI=1S/C18H27N3O4/c1-13(2)15(21-5-7-23-8-6-21)11-20-18(22)19-10-14-3-4-16-17(9-14)25-12-24-16/h3-4,9,13,15H,5-8,10-12H2,1-2H3,(H2,19,20,22)/t15-/m1/s1. The Morgan fingerprint density at radius 1 is 1.16 bits per heavy atom. The molecule has 3 rings (SSSR count). The maximum Gasteiger partial charge on any atom is 0.315 e. The summed E-state index contributed by atoms with van der Waals surface area (Å²) < 4.78 is 16.1. The second kappa shape index (κ2) is 8.40. The molecule has 1 aromatic carbocycles. The van der Waals surface area contributed by atoms with Crippen molar-refractivity contribution in [1.82, 2.24) is 15.5 Å². The van der Waals surface area contributed by atoms with E-state index in [2.05, 4.69) is 29.4 Å². The van der Waals surface area contributed by atoms with Gasteiger partial charge in [-0.05, 0) is 23.6 Å². The van der Waals surface area contributed by atoms with Gasteiger partial charge in [0, 0.05) is 32.2 Å². The van der Waals surface area contributed by atoms with Crippen molar-refractivity contribution in [2.45, 2.75) is 26.4 Å². The molecule has 7 nitrogen and oxygen atoms in total. The highest BCUT2D eigenvalue weighted by Crippen LogP contribution is 2.32. The number of benzene rings is 1. The summed E-state index contributed by atoms with van der Waals surface area (Å²) in [5, 5.41) is 5.89. The van der Waals surface area contributed by atoms with Crippen LogP contribution in [-0.4, -0.2) is 56.6 Å². The van der Waals surface area contributed by atoms with E-state index in [-0.39, 0.29) is 12.8 Å². The fraction of sp³-hybridized carbons (Fsp3) is 0.611. The Kier molecular flexibility index (Phi) is 5.99. The summed E-state index contributed by atoms with van der Waals surface area (Å²) in [5.41, 5.74) is 0.980. The molecular formula is C18H27N3O4. The van der Waals surface area contributed by atoms with E-state index < -0.39 is 0 Å². The maximum atomic E-state index is 12.1. The number of hydrogen-bond donors (Lipinski definition) is 2. The molecule has 25 heavy (non-hydrogen) atoms. The van der Waals surface area contributed by atoms with E-state index in [0.717, 1.165) is 43.4 Å². The fourth-order valence-corrected chi connectivity index (χ4v) is 3.19. The Bertz CT molecular complexity index is 588. The fourth-order valence-electron chi connectivity index (χ4n) is 3.19. The number of amides is 2. The molecule has 1 fully saturated rings. The zero-order valence-electron chi connectivity index (χ0n) is 14.9. The van der Waals surface area contributed by atoms with Gasteiger partial charge in [0.2, 0.25) is 6.79 Å². The van der Waals surface area contributed by atoms with Crippen molar-refractivity contribution in [1.29, 1.82) is 0 Å². The first-order chi connectivity index (χ1) is 12.1. The van der Waals surface area contributed by atoms with Crippen LogP contribution in [0, 0.1) is 5.92 Å². The predicted molar refractivity (Wildman–Crippen MR) is 93.8 cm³/mol. The smallest absolute Gasteiger partial charge is 0.315 e. The van der Waals surface area contributed by atoms with E-state index in [0.29, 0.717) is 25.0 Å². The van der Waals surface area contributed by atoms with Gasteiger partial charge in [0.15, 0.2) is 11.5 Å². The molecule has 0 radical (unpaired) electrons. The average molecular weight is 349 g/mol. The van der Waals surface area contributed by atoms with Crippen LogP contribution < -0.4 is 20.1 Å². The van der Waals surface area contributed by atoms with Crippen LogP contribution in [0.3, 0.4) is 0 Å². The summed E-state index contributed by atoms with van der Waals surface area (Å²) in [6, 6.07) is 5.85. The number of urea groups is 1. The van der Waals surface area contributed by atoms with Crippen LogP contribution in [0.5, 0.6) is 11.5 Å². The van der Waals surface area contributed by atoms with E-state index in [1.165, 1.54) is 0 Å². The molecule has 2 heterocycles. The Morgan fingerprint density at radius 3 is 2.68 bits per heavy atom. The summed E-state index contributed by atoms with van der Waals surface area (Å²) in [4.78, 5) is 14.5. The minimum absolute atomic E-state index is 0.156. The van der Waals surface area contributed by atoms with Crippen molar-refractivity contribution >= 4 is 6.03 Å². The molecule has 0 aliphatic carbocycles. The predicted octanol–water partition coefficient (Wildman–Crippen LogP) is 1.57. The third-order valence-electron chi connectivity index (χ3n) is 4.65. The number of hydrogen-bond acceptors (Lipinski definition) is 5. The number of carbonyl (C=O) groups excluding carboxylic acids is 1. The number of morpholine rings is 1. The minimum Gasteiger partial charge on any atom is -0.454 e. The summed E-state index contributed by atoms with van der Waals surface area (Å²) in [6.07, 6.45) is 0. The Labute approximate surface area is 148 Å². The molecule has 1 saturated heterocycles. The van der Waals surface area contributed by atoms with E-state index >= 15 is 0 Å². The molecule has 0 saturated carbocycles. The van der Waals surface area contributed by atoms with Gasteiger partial charge in [0.25, 0.3) is 0 Å². The van der Waals surface area contributed by atoms with Crippen molar-refractivity contribution in [3.05, 3.63) is 23.8 Å². The molecule has 2 N–H and O–H groups in total. The molecule has 0 bridgehead atoms. The molecule has 1 atom stereocenters. The van der Waals surface area contributed by atoms with Crippen molar-refractivity contribution in [3.63, 3.8) is 0 Å². The highest BCUT2D eigenvalue weighted by atomic mass is 16.7. The molecule has 0 spiro atoms. The lowest BCUT2D eigenvalue weighted by atomic mass is 10.0. The SMILES string of the molecule is CC(C)[C@@H](CNC(=O)NCc1ccc2c(c1)OCO2)N1CCOCC1. The van der Waals surface area contributed by atoms with Crippen molar-refractivity contribution < 1.29 is 19.0 Å². The number of ether oxygens (including phenoxy) is 3. The van der Waals surface area contributed by atoms with E-state index in [9.17, 15) is 4.79 Å². The van der Waals surface area contributed by atoms with Gasteiger partial charge in [-0.2, -0.15) is 0 Å². The molecular weight excluding hydrogens is 322 g/mol. The zero-order valence-corrected chi connectivity index (χ0v) is 14.9. The van der Waals surface area contributed by atoms with Crippen molar-refractivity contribution in [2.75, 3.05) is 39.6 Å². The topological polar surface area (TPSA) is 72.1 Å². The second-order valence-corrected chi connectivity index (χ2v) is 6.71. The second-order valence-electron chi connectivity index (χ2n) is 6.71. The summed E-state index contributed by atoms with van der Waals surface area (Å²) >= 11 is 0. The maximum absolute atomic E-state index is 12.1. The molecule has 2 aliphatic rings. The lowest BCUT2D eigenvalue weighted by Crippen LogP contribution is -2.52. The molecule has 138 valence electrons. The first-order valence-electron chi connectivity index (χ1n) is 8.85. The summed E-state index contributed by atoms with van der Waals surface area (Å²) in [5.74, 6) is 1.94. The van der Waals surface area contributed by atoms with Gasteiger partial charge >= 0.3 is 6.03 Å². The first kappa shape index (κ1) is 17.8. The van der Waals surface area contributed by atoms with Gasteiger partial charge in [-0.1, -0.05) is 19.9 Å². The molecule has 7 heteroatoms. The number of carbonyl (C=O) groups is 1. The molecule has 0 unspecified atom stereocenters. The molecule has 2 amide bonds. The van der Waals surface area contributed by atoms with Gasteiger partial charge in [-0.25, -0.2) is 4.79 Å². The van der Waals surface area contributed by atoms with Crippen LogP contribution in [0.15, 0.2) is 18.2 Å². The van der Waals surface area contributed by atoms with Gasteiger partial charge in [0.05, 0.1) is 13.2 Å². The summed E-state index contributed by atoms with van der Waals surface area (Å²) in [7, 11) is 0. The van der Waals surface area contributed by atoms with Crippen LogP contribution >= 0.6 is 0 Å². The van der Waals surface area contributed by atoms with Crippen LogP contribution in [0.2, 0.25) is 0 Å². The normalized spacial score (nSPS) is 18.2. The van der Waals surface area contributed by atoms with Crippen LogP contribution in [0.1, 0.15) is 19.4 Å². The quantitative estimate of drug-likeness (QED) is 0.816. The number of nitrogens with zero attached hydrogens (tertiary/aromatic N) is 1. The number of fused-ring (bicyclic) bond motifs is 1. The highest BCUT2D eigenvalue weighted by Gasteiger charge is 2.24. The largest absolute Gasteiger partial charge is 0.454 e.